The SMILES string of the molecule is COC(=O)c1ccc(C2/C(=C(\O)c3ccccc3Cl)C(=O)C(=O)N2c2ncccn2)cc1. The largest absolute Gasteiger partial charge is 0.507 e. The molecule has 1 amide bonds. The molecule has 9 heteroatoms. The Balaban J connectivity index is 1.93. The first-order valence-corrected chi connectivity index (χ1v) is 9.83. The first-order chi connectivity index (χ1) is 15.4. The highest BCUT2D eigenvalue weighted by atomic mass is 35.5. The topological polar surface area (TPSA) is 110 Å². The van der Waals surface area contributed by atoms with Crippen molar-refractivity contribution in [3.63, 3.8) is 0 Å². The van der Waals surface area contributed by atoms with Gasteiger partial charge in [-0.25, -0.2) is 14.8 Å². The van der Waals surface area contributed by atoms with Gasteiger partial charge in [-0.3, -0.25) is 14.5 Å². The molecule has 1 aromatic heterocycles. The Morgan fingerprint density at radius 2 is 1.69 bits per heavy atom. The zero-order valence-corrected chi connectivity index (χ0v) is 17.5. The second kappa shape index (κ2) is 8.60. The number of methoxy groups -OCH3 is 1. The van der Waals surface area contributed by atoms with Crippen molar-refractivity contribution < 1.29 is 24.2 Å². The molecule has 3 aromatic rings. The molecule has 0 saturated carbocycles. The van der Waals surface area contributed by atoms with Crippen molar-refractivity contribution in [3.8, 4) is 0 Å². The third-order valence-corrected chi connectivity index (χ3v) is 5.32. The molecule has 1 atom stereocenters. The van der Waals surface area contributed by atoms with E-state index in [2.05, 4.69) is 9.97 Å². The van der Waals surface area contributed by atoms with Crippen LogP contribution in [0, 0.1) is 0 Å². The van der Waals surface area contributed by atoms with Crippen LogP contribution < -0.4 is 4.90 Å². The van der Waals surface area contributed by atoms with Gasteiger partial charge < -0.3 is 9.84 Å². The number of benzene rings is 2. The molecule has 2 heterocycles. The average Bonchev–Trinajstić information content (AvgIpc) is 3.09. The second-order valence-corrected chi connectivity index (χ2v) is 7.22. The fourth-order valence-electron chi connectivity index (χ4n) is 3.49. The Morgan fingerprint density at radius 1 is 1.03 bits per heavy atom. The maximum Gasteiger partial charge on any atom is 0.337 e. The Labute approximate surface area is 187 Å². The molecule has 1 unspecified atom stereocenters. The van der Waals surface area contributed by atoms with Gasteiger partial charge in [-0.1, -0.05) is 35.9 Å². The zero-order chi connectivity index (χ0) is 22.8. The third kappa shape index (κ3) is 3.61. The number of ketones is 1. The maximum absolute atomic E-state index is 13.0. The first-order valence-electron chi connectivity index (χ1n) is 9.45. The Bertz CT molecular complexity index is 1240. The molecule has 1 aliphatic heterocycles. The van der Waals surface area contributed by atoms with Crippen LogP contribution in [-0.4, -0.2) is 39.8 Å². The molecule has 0 spiro atoms. The predicted molar refractivity (Wildman–Crippen MR) is 116 cm³/mol. The van der Waals surface area contributed by atoms with Gasteiger partial charge in [-0.15, -0.1) is 0 Å². The number of nitrogens with zero attached hydrogens (tertiary/aromatic N) is 3. The fourth-order valence-corrected chi connectivity index (χ4v) is 3.71. The number of anilines is 1. The highest BCUT2D eigenvalue weighted by molar-refractivity contribution is 6.51. The smallest absolute Gasteiger partial charge is 0.337 e. The van der Waals surface area contributed by atoms with Crippen LogP contribution in [-0.2, 0) is 14.3 Å². The molecule has 1 aliphatic rings. The van der Waals surface area contributed by atoms with Crippen molar-refractivity contribution in [2.75, 3.05) is 12.0 Å². The maximum atomic E-state index is 13.0. The van der Waals surface area contributed by atoms with E-state index < -0.39 is 29.5 Å². The molecule has 4 rings (SSSR count). The van der Waals surface area contributed by atoms with Crippen molar-refractivity contribution in [3.05, 3.63) is 94.3 Å². The number of ether oxygens (including phenoxy) is 1. The van der Waals surface area contributed by atoms with Gasteiger partial charge in [0, 0.05) is 18.0 Å². The van der Waals surface area contributed by atoms with Gasteiger partial charge in [0.1, 0.15) is 5.76 Å². The lowest BCUT2D eigenvalue weighted by Crippen LogP contribution is -2.31. The number of amides is 1. The summed E-state index contributed by atoms with van der Waals surface area (Å²) in [7, 11) is 1.27. The van der Waals surface area contributed by atoms with Crippen LogP contribution in [0.4, 0.5) is 5.95 Å². The van der Waals surface area contributed by atoms with E-state index in [-0.39, 0.29) is 27.7 Å². The number of hydrogen-bond donors (Lipinski definition) is 1. The van der Waals surface area contributed by atoms with Crippen molar-refractivity contribution in [1.82, 2.24) is 9.97 Å². The molecule has 0 bridgehead atoms. The zero-order valence-electron chi connectivity index (χ0n) is 16.7. The number of carbonyl (C=O) groups excluding carboxylic acids is 3. The van der Waals surface area contributed by atoms with Crippen molar-refractivity contribution in [2.24, 2.45) is 0 Å². The first kappa shape index (κ1) is 21.2. The lowest BCUT2D eigenvalue weighted by molar-refractivity contribution is -0.132. The van der Waals surface area contributed by atoms with Gasteiger partial charge in [-0.2, -0.15) is 0 Å². The van der Waals surface area contributed by atoms with Crippen LogP contribution in [0.5, 0.6) is 0 Å². The number of esters is 1. The van der Waals surface area contributed by atoms with E-state index in [0.29, 0.717) is 5.56 Å². The molecular weight excluding hydrogens is 434 g/mol. The normalized spacial score (nSPS) is 17.4. The number of aromatic nitrogens is 2. The Kier molecular flexibility index (Phi) is 5.70. The molecule has 8 nitrogen and oxygen atoms in total. The highest BCUT2D eigenvalue weighted by Crippen LogP contribution is 2.41. The van der Waals surface area contributed by atoms with Crippen molar-refractivity contribution in [1.29, 1.82) is 0 Å². The van der Waals surface area contributed by atoms with Gasteiger partial charge in [0.15, 0.2) is 0 Å². The summed E-state index contributed by atoms with van der Waals surface area (Å²) in [6, 6.07) is 13.1. The van der Waals surface area contributed by atoms with E-state index >= 15 is 0 Å². The second-order valence-electron chi connectivity index (χ2n) is 6.81. The van der Waals surface area contributed by atoms with E-state index in [1.807, 2.05) is 0 Å². The van der Waals surface area contributed by atoms with Crippen LogP contribution in [0.1, 0.15) is 27.5 Å². The lowest BCUT2D eigenvalue weighted by atomic mass is 9.94. The molecule has 1 saturated heterocycles. The van der Waals surface area contributed by atoms with Crippen molar-refractivity contribution in [2.45, 2.75) is 6.04 Å². The summed E-state index contributed by atoms with van der Waals surface area (Å²) in [6.45, 7) is 0. The monoisotopic (exact) mass is 449 g/mol. The summed E-state index contributed by atoms with van der Waals surface area (Å²) in [5, 5.41) is 11.3. The Hall–Kier alpha value is -4.04. The standard InChI is InChI=1S/C23H16ClN3O5/c1-32-22(31)14-9-7-13(8-10-14)18-17(19(28)15-5-2-3-6-16(15)24)20(29)21(30)27(18)23-25-11-4-12-26-23/h2-12,18,28H,1H3/b19-17+. The number of aliphatic hydroxyl groups is 1. The third-order valence-electron chi connectivity index (χ3n) is 4.99. The summed E-state index contributed by atoms with van der Waals surface area (Å²) >= 11 is 6.22. The molecule has 2 aromatic carbocycles. The molecule has 0 aliphatic carbocycles. The minimum atomic E-state index is -1.04. The van der Waals surface area contributed by atoms with E-state index in [1.165, 1.54) is 31.6 Å². The van der Waals surface area contributed by atoms with Gasteiger partial charge in [0.05, 0.1) is 29.3 Å². The van der Waals surface area contributed by atoms with E-state index in [0.717, 1.165) is 4.90 Å². The minimum Gasteiger partial charge on any atom is -0.507 e. The summed E-state index contributed by atoms with van der Waals surface area (Å²) in [4.78, 5) is 47.1. The van der Waals surface area contributed by atoms with Crippen molar-refractivity contribution >= 4 is 41.0 Å². The lowest BCUT2D eigenvalue weighted by Gasteiger charge is -2.23. The number of carbonyl (C=O) groups is 3. The number of hydrogen-bond acceptors (Lipinski definition) is 7. The molecular formula is C23H16ClN3O5. The minimum absolute atomic E-state index is 0.00477. The summed E-state index contributed by atoms with van der Waals surface area (Å²) in [5.74, 6) is -2.76. The van der Waals surface area contributed by atoms with E-state index in [4.69, 9.17) is 16.3 Å². The number of halogens is 1. The van der Waals surface area contributed by atoms with Crippen LogP contribution in [0.2, 0.25) is 5.02 Å². The predicted octanol–water partition coefficient (Wildman–Crippen LogP) is 3.54. The summed E-state index contributed by atoms with van der Waals surface area (Å²) in [5.41, 5.74) is 0.784. The molecule has 32 heavy (non-hydrogen) atoms. The van der Waals surface area contributed by atoms with E-state index in [9.17, 15) is 19.5 Å². The highest BCUT2D eigenvalue weighted by Gasteiger charge is 2.48. The number of aliphatic hydroxyl groups excluding tert-OH is 1. The average molecular weight is 450 g/mol. The molecule has 160 valence electrons. The van der Waals surface area contributed by atoms with Gasteiger partial charge >= 0.3 is 11.9 Å². The van der Waals surface area contributed by atoms with Crippen LogP contribution >= 0.6 is 11.6 Å². The molecule has 1 fully saturated rings. The number of rotatable bonds is 4. The fraction of sp³-hybridized carbons (Fsp3) is 0.0870. The Morgan fingerprint density at radius 3 is 2.31 bits per heavy atom. The van der Waals surface area contributed by atoms with Gasteiger partial charge in [0.2, 0.25) is 5.95 Å². The molecule has 0 radical (unpaired) electrons. The van der Waals surface area contributed by atoms with Crippen LogP contribution in [0.15, 0.2) is 72.6 Å². The number of Topliss-reactive ketones (excluding diaryl/α,β-unsaturated/α-hetero) is 1. The quantitative estimate of drug-likeness (QED) is 0.281. The van der Waals surface area contributed by atoms with E-state index in [1.54, 1.807) is 42.5 Å². The summed E-state index contributed by atoms with van der Waals surface area (Å²) < 4.78 is 4.71. The van der Waals surface area contributed by atoms with Gasteiger partial charge in [0.25, 0.3) is 5.78 Å². The van der Waals surface area contributed by atoms with Crippen LogP contribution in [0.25, 0.3) is 5.76 Å². The van der Waals surface area contributed by atoms with Crippen LogP contribution in [0.3, 0.4) is 0 Å². The molecule has 1 N–H and O–H groups in total. The van der Waals surface area contributed by atoms with Gasteiger partial charge in [-0.05, 0) is 35.9 Å². The summed E-state index contributed by atoms with van der Waals surface area (Å²) in [6.07, 6.45) is 2.88.